The van der Waals surface area contributed by atoms with E-state index in [0.717, 1.165) is 22.8 Å². The highest BCUT2D eigenvalue weighted by atomic mass is 14.8. The summed E-state index contributed by atoms with van der Waals surface area (Å²) in [6, 6.07) is 24.7. The minimum Gasteiger partial charge on any atom is -0.355 e. The maximum Gasteiger partial charge on any atom is 0.0658 e. The third kappa shape index (κ3) is 4.71. The van der Waals surface area contributed by atoms with Gasteiger partial charge in [-0.05, 0) is 53.6 Å². The summed E-state index contributed by atoms with van der Waals surface area (Å²) in [7, 11) is 0. The first-order chi connectivity index (χ1) is 13.3. The highest BCUT2D eigenvalue weighted by Crippen LogP contribution is 2.16. The molecule has 4 rings (SSSR count). The molecular weight excluding hydrogens is 328 g/mol. The zero-order chi connectivity index (χ0) is 18.3. The van der Waals surface area contributed by atoms with E-state index in [1.807, 2.05) is 54.6 Å². The molecule has 0 fully saturated rings. The van der Waals surface area contributed by atoms with Crippen molar-refractivity contribution in [1.82, 2.24) is 4.98 Å². The van der Waals surface area contributed by atoms with Crippen LogP contribution >= 0.6 is 0 Å². The lowest BCUT2D eigenvalue weighted by Gasteiger charge is -1.92. The lowest BCUT2D eigenvalue weighted by atomic mass is 10.2. The number of hydrogen-bond acceptors (Lipinski definition) is 1. The van der Waals surface area contributed by atoms with Gasteiger partial charge >= 0.3 is 0 Å². The van der Waals surface area contributed by atoms with Crippen molar-refractivity contribution in [2.24, 2.45) is 4.99 Å². The molecule has 3 aromatic rings. The Hall–Kier alpha value is -3.65. The fourth-order valence-corrected chi connectivity index (χ4v) is 2.83. The van der Waals surface area contributed by atoms with Crippen molar-refractivity contribution >= 4 is 30.0 Å². The number of aromatic amines is 1. The number of aliphatic imine (C=N–C) groups is 1. The van der Waals surface area contributed by atoms with Crippen LogP contribution in [0.4, 0.5) is 0 Å². The summed E-state index contributed by atoms with van der Waals surface area (Å²) in [6.07, 6.45) is 14.4. The van der Waals surface area contributed by atoms with E-state index in [2.05, 4.69) is 70.7 Å². The second-order valence-electron chi connectivity index (χ2n) is 6.30. The van der Waals surface area contributed by atoms with Crippen LogP contribution in [0.3, 0.4) is 0 Å². The van der Waals surface area contributed by atoms with Crippen LogP contribution in [-0.4, -0.2) is 10.7 Å². The van der Waals surface area contributed by atoms with Crippen molar-refractivity contribution in [3.8, 4) is 0 Å². The van der Waals surface area contributed by atoms with Crippen LogP contribution < -0.4 is 0 Å². The molecule has 0 radical (unpaired) electrons. The van der Waals surface area contributed by atoms with Gasteiger partial charge in [-0.1, -0.05) is 72.8 Å². The predicted molar refractivity (Wildman–Crippen MR) is 116 cm³/mol. The number of nitrogens with one attached hydrogen (secondary N) is 1. The number of nitrogens with zero attached hydrogens (tertiary/aromatic N) is 1. The Morgan fingerprint density at radius 3 is 1.93 bits per heavy atom. The lowest BCUT2D eigenvalue weighted by Crippen LogP contribution is -1.82. The highest BCUT2D eigenvalue weighted by Gasteiger charge is 2.02. The van der Waals surface area contributed by atoms with E-state index in [1.54, 1.807) is 0 Å². The Morgan fingerprint density at radius 2 is 1.22 bits per heavy atom. The molecule has 2 aromatic carbocycles. The van der Waals surface area contributed by atoms with Gasteiger partial charge in [0, 0.05) is 11.4 Å². The minimum atomic E-state index is 0.947. The molecule has 1 aliphatic heterocycles. The van der Waals surface area contributed by atoms with E-state index in [-0.39, 0.29) is 0 Å². The smallest absolute Gasteiger partial charge is 0.0658 e. The molecule has 2 nitrogen and oxygen atoms in total. The SMILES string of the molecule is C1=C/C(=C/c2ccc(/C=C/c3ccccc3)[nH]2)N=C1/C=C/c1ccccc1. The Balaban J connectivity index is 1.43. The van der Waals surface area contributed by atoms with Crippen LogP contribution in [0.2, 0.25) is 0 Å². The molecule has 1 aliphatic rings. The summed E-state index contributed by atoms with van der Waals surface area (Å²) in [4.78, 5) is 8.04. The van der Waals surface area contributed by atoms with Crippen LogP contribution in [0.1, 0.15) is 22.5 Å². The van der Waals surface area contributed by atoms with E-state index in [4.69, 9.17) is 0 Å². The molecule has 0 unspecified atom stereocenters. The van der Waals surface area contributed by atoms with Crippen molar-refractivity contribution in [3.63, 3.8) is 0 Å². The first-order valence-corrected chi connectivity index (χ1v) is 8.99. The Labute approximate surface area is 159 Å². The Bertz CT molecular complexity index is 1050. The molecule has 0 bridgehead atoms. The minimum absolute atomic E-state index is 0.947. The number of rotatable bonds is 5. The number of aromatic nitrogens is 1. The highest BCUT2D eigenvalue weighted by molar-refractivity contribution is 6.09. The Morgan fingerprint density at radius 1 is 0.593 bits per heavy atom. The average Bonchev–Trinajstić information content (AvgIpc) is 3.36. The quantitative estimate of drug-likeness (QED) is 0.564. The van der Waals surface area contributed by atoms with E-state index in [9.17, 15) is 0 Å². The molecule has 0 amide bonds. The number of benzene rings is 2. The van der Waals surface area contributed by atoms with Crippen molar-refractivity contribution in [1.29, 1.82) is 0 Å². The fraction of sp³-hybridized carbons (Fsp3) is 0. The van der Waals surface area contributed by atoms with Crippen LogP contribution in [0.5, 0.6) is 0 Å². The summed E-state index contributed by atoms with van der Waals surface area (Å²) in [5, 5.41) is 0. The summed E-state index contributed by atoms with van der Waals surface area (Å²) >= 11 is 0. The third-order valence-electron chi connectivity index (χ3n) is 4.22. The third-order valence-corrected chi connectivity index (χ3v) is 4.22. The first kappa shape index (κ1) is 16.8. The van der Waals surface area contributed by atoms with Gasteiger partial charge in [-0.25, -0.2) is 4.99 Å². The van der Waals surface area contributed by atoms with Crippen LogP contribution in [0, 0.1) is 0 Å². The first-order valence-electron chi connectivity index (χ1n) is 8.99. The molecule has 1 aromatic heterocycles. The monoisotopic (exact) mass is 348 g/mol. The van der Waals surface area contributed by atoms with Crippen LogP contribution in [-0.2, 0) is 0 Å². The average molecular weight is 348 g/mol. The van der Waals surface area contributed by atoms with Crippen molar-refractivity contribution < 1.29 is 0 Å². The van der Waals surface area contributed by atoms with Gasteiger partial charge in [-0.2, -0.15) is 0 Å². The standard InChI is InChI=1S/C25H20N2/c1-3-7-20(8-4-1)11-13-22-15-17-24(26-22)19-25-18-16-23(27-25)14-12-21-9-5-2-6-10-21/h1-19,26H/b13-11+,14-12+,25-19-. The molecule has 0 saturated heterocycles. The maximum atomic E-state index is 4.64. The Kier molecular flexibility index (Phi) is 5.07. The largest absolute Gasteiger partial charge is 0.355 e. The number of H-pyrrole nitrogens is 1. The molecule has 2 heteroatoms. The summed E-state index contributed by atoms with van der Waals surface area (Å²) in [5.41, 5.74) is 6.37. The van der Waals surface area contributed by atoms with Crippen LogP contribution in [0.25, 0.3) is 24.3 Å². The van der Waals surface area contributed by atoms with E-state index < -0.39 is 0 Å². The number of hydrogen-bond donors (Lipinski definition) is 1. The molecule has 0 spiro atoms. The molecular formula is C25H20N2. The number of allylic oxidation sites excluding steroid dienone is 3. The summed E-state index contributed by atoms with van der Waals surface area (Å²) < 4.78 is 0. The van der Waals surface area contributed by atoms with Gasteiger partial charge in [0.25, 0.3) is 0 Å². The molecule has 2 heterocycles. The van der Waals surface area contributed by atoms with E-state index >= 15 is 0 Å². The fourth-order valence-electron chi connectivity index (χ4n) is 2.83. The van der Waals surface area contributed by atoms with Gasteiger partial charge in [0.2, 0.25) is 0 Å². The van der Waals surface area contributed by atoms with Gasteiger partial charge in [-0.15, -0.1) is 0 Å². The predicted octanol–water partition coefficient (Wildman–Crippen LogP) is 6.25. The van der Waals surface area contributed by atoms with Gasteiger partial charge < -0.3 is 4.98 Å². The maximum absolute atomic E-state index is 4.64. The van der Waals surface area contributed by atoms with Crippen molar-refractivity contribution in [3.05, 3.63) is 119 Å². The second-order valence-corrected chi connectivity index (χ2v) is 6.30. The zero-order valence-corrected chi connectivity index (χ0v) is 14.9. The molecule has 0 atom stereocenters. The normalized spacial score (nSPS) is 15.3. The van der Waals surface area contributed by atoms with E-state index in [0.29, 0.717) is 0 Å². The van der Waals surface area contributed by atoms with Crippen LogP contribution in [0.15, 0.2) is 102 Å². The van der Waals surface area contributed by atoms with Gasteiger partial charge in [0.15, 0.2) is 0 Å². The lowest BCUT2D eigenvalue weighted by molar-refractivity contribution is 1.33. The van der Waals surface area contributed by atoms with Crippen molar-refractivity contribution in [2.75, 3.05) is 0 Å². The van der Waals surface area contributed by atoms with Gasteiger partial charge in [0.05, 0.1) is 11.4 Å². The molecule has 130 valence electrons. The van der Waals surface area contributed by atoms with E-state index in [1.165, 1.54) is 11.1 Å². The molecule has 0 saturated carbocycles. The van der Waals surface area contributed by atoms with Crippen molar-refractivity contribution in [2.45, 2.75) is 0 Å². The zero-order valence-electron chi connectivity index (χ0n) is 14.9. The summed E-state index contributed by atoms with van der Waals surface area (Å²) in [5.74, 6) is 0. The summed E-state index contributed by atoms with van der Waals surface area (Å²) in [6.45, 7) is 0. The molecule has 1 N–H and O–H groups in total. The topological polar surface area (TPSA) is 28.1 Å². The second kappa shape index (κ2) is 8.15. The molecule has 0 aliphatic carbocycles. The van der Waals surface area contributed by atoms with Gasteiger partial charge in [0.1, 0.15) is 0 Å². The van der Waals surface area contributed by atoms with Gasteiger partial charge in [-0.3, -0.25) is 0 Å². The molecule has 27 heavy (non-hydrogen) atoms.